The molecular weight excluding hydrogens is 289 g/mol. The number of aryl methyl sites for hydroxylation is 1. The molecule has 2 atom stereocenters. The van der Waals surface area contributed by atoms with Crippen LogP contribution in [0.5, 0.6) is 0 Å². The molecule has 1 aromatic rings. The van der Waals surface area contributed by atoms with Crippen molar-refractivity contribution in [2.24, 2.45) is 0 Å². The fraction of sp³-hybridized carbons (Fsp3) is 0.500. The molecule has 4 heteroatoms. The van der Waals surface area contributed by atoms with Gasteiger partial charge in [-0.1, -0.05) is 11.6 Å². The molecule has 0 radical (unpaired) electrons. The molecule has 16 heavy (non-hydrogen) atoms. The monoisotopic (exact) mass is 303 g/mol. The Morgan fingerprint density at radius 3 is 2.88 bits per heavy atom. The number of halogens is 2. The highest BCUT2D eigenvalue weighted by molar-refractivity contribution is 9.10. The fourth-order valence-electron chi connectivity index (χ4n) is 1.88. The number of rotatable bonds is 2. The summed E-state index contributed by atoms with van der Waals surface area (Å²) in [4.78, 5) is 0. The molecule has 88 valence electrons. The maximum atomic E-state index is 6.12. The molecule has 1 saturated heterocycles. The number of anilines is 1. The van der Waals surface area contributed by atoms with Gasteiger partial charge in [0.15, 0.2) is 0 Å². The molecule has 1 heterocycles. The van der Waals surface area contributed by atoms with Crippen LogP contribution in [0.2, 0.25) is 5.02 Å². The van der Waals surface area contributed by atoms with Gasteiger partial charge in [0.1, 0.15) is 0 Å². The standard InChI is InChI=1S/C12H15BrClNO/c1-7-5-9(13)12(6-10(7)14)15-11-3-4-16-8(11)2/h5-6,8,11,15H,3-4H2,1-2H3. The minimum Gasteiger partial charge on any atom is -0.379 e. The van der Waals surface area contributed by atoms with Crippen LogP contribution in [0.1, 0.15) is 18.9 Å². The Hall–Kier alpha value is -0.250. The van der Waals surface area contributed by atoms with E-state index in [0.29, 0.717) is 6.04 Å². The Balaban J connectivity index is 2.18. The van der Waals surface area contributed by atoms with Gasteiger partial charge in [0.05, 0.1) is 17.8 Å². The first-order valence-corrected chi connectivity index (χ1v) is 6.59. The lowest BCUT2D eigenvalue weighted by Gasteiger charge is -2.19. The third kappa shape index (κ3) is 2.53. The molecule has 0 saturated carbocycles. The summed E-state index contributed by atoms with van der Waals surface area (Å²) < 4.78 is 6.57. The van der Waals surface area contributed by atoms with E-state index in [9.17, 15) is 0 Å². The van der Waals surface area contributed by atoms with Gasteiger partial charge in [-0.3, -0.25) is 0 Å². The van der Waals surface area contributed by atoms with Crippen molar-refractivity contribution < 1.29 is 4.74 Å². The van der Waals surface area contributed by atoms with Crippen molar-refractivity contribution in [1.29, 1.82) is 0 Å². The zero-order valence-corrected chi connectivity index (χ0v) is 11.7. The molecule has 0 bridgehead atoms. The number of nitrogens with one attached hydrogen (secondary N) is 1. The van der Waals surface area contributed by atoms with E-state index >= 15 is 0 Å². The van der Waals surface area contributed by atoms with Crippen LogP contribution in [0, 0.1) is 6.92 Å². The lowest BCUT2D eigenvalue weighted by molar-refractivity contribution is 0.121. The topological polar surface area (TPSA) is 21.3 Å². The van der Waals surface area contributed by atoms with Crippen molar-refractivity contribution in [3.8, 4) is 0 Å². The van der Waals surface area contributed by atoms with E-state index in [4.69, 9.17) is 16.3 Å². The normalized spacial score (nSPS) is 24.8. The van der Waals surface area contributed by atoms with Crippen molar-refractivity contribution in [2.45, 2.75) is 32.4 Å². The summed E-state index contributed by atoms with van der Waals surface area (Å²) in [7, 11) is 0. The Morgan fingerprint density at radius 2 is 2.25 bits per heavy atom. The summed E-state index contributed by atoms with van der Waals surface area (Å²) in [5.41, 5.74) is 2.12. The summed E-state index contributed by atoms with van der Waals surface area (Å²) in [6.07, 6.45) is 1.30. The first-order valence-electron chi connectivity index (χ1n) is 5.41. The predicted molar refractivity (Wildman–Crippen MR) is 71.3 cm³/mol. The SMILES string of the molecule is Cc1cc(Br)c(NC2CCOC2C)cc1Cl. The van der Waals surface area contributed by atoms with E-state index in [1.54, 1.807) is 0 Å². The van der Waals surface area contributed by atoms with Crippen LogP contribution in [0.4, 0.5) is 5.69 Å². The third-order valence-corrected chi connectivity index (χ3v) is 4.03. The van der Waals surface area contributed by atoms with E-state index in [1.807, 2.05) is 19.1 Å². The van der Waals surface area contributed by atoms with E-state index in [2.05, 4.69) is 28.2 Å². The van der Waals surface area contributed by atoms with Gasteiger partial charge in [-0.05, 0) is 53.9 Å². The smallest absolute Gasteiger partial charge is 0.0748 e. The van der Waals surface area contributed by atoms with Crippen LogP contribution in [0.15, 0.2) is 16.6 Å². The average Bonchev–Trinajstić information content (AvgIpc) is 2.61. The van der Waals surface area contributed by atoms with Gasteiger partial charge < -0.3 is 10.1 Å². The fourth-order valence-corrected chi connectivity index (χ4v) is 2.61. The molecule has 2 nitrogen and oxygen atoms in total. The van der Waals surface area contributed by atoms with Gasteiger partial charge in [0.2, 0.25) is 0 Å². The summed E-state index contributed by atoms with van der Waals surface area (Å²) >= 11 is 9.66. The van der Waals surface area contributed by atoms with Gasteiger partial charge in [0.25, 0.3) is 0 Å². The zero-order valence-electron chi connectivity index (χ0n) is 9.39. The highest BCUT2D eigenvalue weighted by Gasteiger charge is 2.24. The van der Waals surface area contributed by atoms with Gasteiger partial charge in [-0.25, -0.2) is 0 Å². The van der Waals surface area contributed by atoms with Gasteiger partial charge in [-0.15, -0.1) is 0 Å². The molecule has 0 aromatic heterocycles. The zero-order chi connectivity index (χ0) is 11.7. The van der Waals surface area contributed by atoms with Crippen LogP contribution in [-0.4, -0.2) is 18.8 Å². The van der Waals surface area contributed by atoms with Crippen LogP contribution >= 0.6 is 27.5 Å². The number of hydrogen-bond acceptors (Lipinski definition) is 2. The molecule has 1 N–H and O–H groups in total. The van der Waals surface area contributed by atoms with E-state index < -0.39 is 0 Å². The van der Waals surface area contributed by atoms with E-state index in [1.165, 1.54) is 0 Å². The van der Waals surface area contributed by atoms with Crippen molar-refractivity contribution >= 4 is 33.2 Å². The second-order valence-corrected chi connectivity index (χ2v) is 5.46. The Labute approximate surface area is 109 Å². The van der Waals surface area contributed by atoms with Gasteiger partial charge >= 0.3 is 0 Å². The molecule has 1 aliphatic rings. The minimum absolute atomic E-state index is 0.256. The highest BCUT2D eigenvalue weighted by atomic mass is 79.9. The first-order chi connectivity index (χ1) is 7.58. The molecule has 0 amide bonds. The maximum Gasteiger partial charge on any atom is 0.0748 e. The third-order valence-electron chi connectivity index (χ3n) is 2.97. The van der Waals surface area contributed by atoms with Crippen molar-refractivity contribution in [3.05, 3.63) is 27.2 Å². The Morgan fingerprint density at radius 1 is 1.50 bits per heavy atom. The molecule has 0 spiro atoms. The van der Waals surface area contributed by atoms with Crippen molar-refractivity contribution in [3.63, 3.8) is 0 Å². The predicted octanol–water partition coefficient (Wildman–Crippen LogP) is 4.00. The summed E-state index contributed by atoms with van der Waals surface area (Å²) in [5, 5.41) is 4.26. The van der Waals surface area contributed by atoms with Crippen LogP contribution < -0.4 is 5.32 Å². The summed E-state index contributed by atoms with van der Waals surface area (Å²) in [5.74, 6) is 0. The molecular formula is C12H15BrClNO. The Kier molecular flexibility index (Phi) is 3.77. The quantitative estimate of drug-likeness (QED) is 0.891. The lowest BCUT2D eigenvalue weighted by atomic mass is 10.1. The molecule has 2 rings (SSSR count). The van der Waals surface area contributed by atoms with Crippen LogP contribution in [0.25, 0.3) is 0 Å². The molecule has 1 fully saturated rings. The maximum absolute atomic E-state index is 6.12. The summed E-state index contributed by atoms with van der Waals surface area (Å²) in [6.45, 7) is 4.92. The van der Waals surface area contributed by atoms with E-state index in [-0.39, 0.29) is 6.10 Å². The van der Waals surface area contributed by atoms with Crippen molar-refractivity contribution in [1.82, 2.24) is 0 Å². The number of benzene rings is 1. The van der Waals surface area contributed by atoms with E-state index in [0.717, 1.165) is 33.8 Å². The van der Waals surface area contributed by atoms with Crippen molar-refractivity contribution in [2.75, 3.05) is 11.9 Å². The Bertz CT molecular complexity index is 397. The lowest BCUT2D eigenvalue weighted by Crippen LogP contribution is -2.26. The average molecular weight is 305 g/mol. The van der Waals surface area contributed by atoms with Crippen LogP contribution in [0.3, 0.4) is 0 Å². The number of ether oxygens (including phenoxy) is 1. The van der Waals surface area contributed by atoms with Gasteiger partial charge in [-0.2, -0.15) is 0 Å². The second kappa shape index (κ2) is 4.94. The largest absolute Gasteiger partial charge is 0.379 e. The highest BCUT2D eigenvalue weighted by Crippen LogP contribution is 2.31. The number of hydrogen-bond donors (Lipinski definition) is 1. The molecule has 2 unspecified atom stereocenters. The van der Waals surface area contributed by atoms with Crippen LogP contribution in [-0.2, 0) is 4.74 Å². The molecule has 1 aliphatic heterocycles. The molecule has 0 aliphatic carbocycles. The van der Waals surface area contributed by atoms with Gasteiger partial charge in [0, 0.05) is 16.1 Å². The molecule has 1 aromatic carbocycles. The second-order valence-electron chi connectivity index (χ2n) is 4.20. The first kappa shape index (κ1) is 12.2. The summed E-state index contributed by atoms with van der Waals surface area (Å²) in [6, 6.07) is 4.37. The minimum atomic E-state index is 0.256.